The molecule has 0 radical (unpaired) electrons. The Morgan fingerprint density at radius 3 is 2.43 bits per heavy atom. The Balaban J connectivity index is 2.40. The molecule has 0 fully saturated rings. The predicted molar refractivity (Wildman–Crippen MR) is 90.4 cm³/mol. The Labute approximate surface area is 130 Å². The van der Waals surface area contributed by atoms with Gasteiger partial charge in [-0.3, -0.25) is 0 Å². The maximum Gasteiger partial charge on any atom is 0.150 e. The third kappa shape index (κ3) is 8.22. The first-order valence-corrected chi connectivity index (χ1v) is 9.87. The van der Waals surface area contributed by atoms with Crippen molar-refractivity contribution in [3.05, 3.63) is 35.9 Å². The molecule has 21 heavy (non-hydrogen) atoms. The van der Waals surface area contributed by atoms with Crippen molar-refractivity contribution in [3.63, 3.8) is 0 Å². The highest BCUT2D eigenvalue weighted by molar-refractivity contribution is 7.91. The molecular formula is C17H29NO2S. The van der Waals surface area contributed by atoms with Crippen molar-refractivity contribution in [2.75, 3.05) is 18.1 Å². The first-order chi connectivity index (χ1) is 10.1. The number of benzene rings is 1. The molecule has 0 saturated heterocycles. The molecule has 0 heterocycles. The van der Waals surface area contributed by atoms with Crippen LogP contribution in [0.3, 0.4) is 0 Å². The molecule has 1 N–H and O–H groups in total. The fourth-order valence-corrected chi connectivity index (χ4v) is 3.27. The van der Waals surface area contributed by atoms with Crippen LogP contribution in [-0.4, -0.2) is 32.5 Å². The summed E-state index contributed by atoms with van der Waals surface area (Å²) in [5.41, 5.74) is 1.35. The zero-order valence-corrected chi connectivity index (χ0v) is 14.2. The van der Waals surface area contributed by atoms with Gasteiger partial charge in [0.05, 0.1) is 5.75 Å². The lowest BCUT2D eigenvalue weighted by Gasteiger charge is -2.18. The van der Waals surface area contributed by atoms with E-state index in [-0.39, 0.29) is 5.75 Å². The summed E-state index contributed by atoms with van der Waals surface area (Å²) < 4.78 is 23.1. The van der Waals surface area contributed by atoms with Crippen molar-refractivity contribution in [3.8, 4) is 0 Å². The number of rotatable bonds is 11. The molecule has 120 valence electrons. The lowest BCUT2D eigenvalue weighted by molar-refractivity contribution is 0.448. The van der Waals surface area contributed by atoms with Gasteiger partial charge in [-0.25, -0.2) is 8.42 Å². The summed E-state index contributed by atoms with van der Waals surface area (Å²) in [4.78, 5) is 0. The monoisotopic (exact) mass is 311 g/mol. The van der Waals surface area contributed by atoms with E-state index in [4.69, 9.17) is 0 Å². The van der Waals surface area contributed by atoms with Gasteiger partial charge in [-0.1, -0.05) is 44.2 Å². The van der Waals surface area contributed by atoms with E-state index in [0.717, 1.165) is 38.6 Å². The second kappa shape index (κ2) is 9.96. The summed E-state index contributed by atoms with van der Waals surface area (Å²) in [5, 5.41) is 3.55. The molecule has 1 unspecified atom stereocenters. The number of aryl methyl sites for hydroxylation is 1. The minimum Gasteiger partial charge on any atom is -0.314 e. The van der Waals surface area contributed by atoms with Crippen molar-refractivity contribution >= 4 is 9.84 Å². The van der Waals surface area contributed by atoms with Crippen LogP contribution in [0, 0.1) is 0 Å². The van der Waals surface area contributed by atoms with E-state index in [1.807, 2.05) is 6.07 Å². The van der Waals surface area contributed by atoms with Crippen LogP contribution in [0.15, 0.2) is 30.3 Å². The number of hydrogen-bond donors (Lipinski definition) is 1. The third-order valence-electron chi connectivity index (χ3n) is 3.76. The van der Waals surface area contributed by atoms with E-state index in [9.17, 15) is 8.42 Å². The van der Waals surface area contributed by atoms with Crippen molar-refractivity contribution < 1.29 is 8.42 Å². The molecule has 0 aliphatic heterocycles. The Morgan fingerprint density at radius 1 is 1.10 bits per heavy atom. The topological polar surface area (TPSA) is 46.2 Å². The van der Waals surface area contributed by atoms with Gasteiger partial charge in [-0.2, -0.15) is 0 Å². The Kier molecular flexibility index (Phi) is 8.62. The first kappa shape index (κ1) is 18.2. The van der Waals surface area contributed by atoms with Gasteiger partial charge in [-0.15, -0.1) is 0 Å². The quantitative estimate of drug-likeness (QED) is 0.682. The zero-order valence-electron chi connectivity index (χ0n) is 13.3. The molecular weight excluding hydrogens is 282 g/mol. The molecule has 0 aromatic heterocycles. The maximum atomic E-state index is 11.6. The van der Waals surface area contributed by atoms with Gasteiger partial charge in [0.1, 0.15) is 9.84 Å². The van der Waals surface area contributed by atoms with Gasteiger partial charge < -0.3 is 5.32 Å². The van der Waals surface area contributed by atoms with E-state index in [1.54, 1.807) is 6.92 Å². The third-order valence-corrected chi connectivity index (χ3v) is 5.55. The molecule has 1 rings (SSSR count). The van der Waals surface area contributed by atoms with Gasteiger partial charge in [0.2, 0.25) is 0 Å². The highest BCUT2D eigenvalue weighted by Crippen LogP contribution is 2.10. The van der Waals surface area contributed by atoms with Gasteiger partial charge >= 0.3 is 0 Å². The van der Waals surface area contributed by atoms with Gasteiger partial charge in [0.15, 0.2) is 0 Å². The second-order valence-electron chi connectivity index (χ2n) is 5.55. The molecule has 0 amide bonds. The van der Waals surface area contributed by atoms with E-state index in [0.29, 0.717) is 11.8 Å². The smallest absolute Gasteiger partial charge is 0.150 e. The van der Waals surface area contributed by atoms with Crippen LogP contribution in [0.1, 0.15) is 45.1 Å². The van der Waals surface area contributed by atoms with E-state index in [1.165, 1.54) is 5.56 Å². The van der Waals surface area contributed by atoms with Crippen LogP contribution in [-0.2, 0) is 16.3 Å². The summed E-state index contributed by atoms with van der Waals surface area (Å²) in [5.74, 6) is 0.573. The second-order valence-corrected chi connectivity index (χ2v) is 8.03. The summed E-state index contributed by atoms with van der Waals surface area (Å²) in [7, 11) is -2.83. The lowest BCUT2D eigenvalue weighted by Crippen LogP contribution is -2.31. The SMILES string of the molecule is CCCNC(CCCS(=O)(=O)CC)CCc1ccccc1. The first-order valence-electron chi connectivity index (χ1n) is 8.05. The number of sulfone groups is 1. The highest BCUT2D eigenvalue weighted by atomic mass is 32.2. The number of nitrogens with one attached hydrogen (secondary N) is 1. The van der Waals surface area contributed by atoms with Crippen LogP contribution >= 0.6 is 0 Å². The fourth-order valence-electron chi connectivity index (χ4n) is 2.38. The molecule has 1 aromatic carbocycles. The average molecular weight is 311 g/mol. The van der Waals surface area contributed by atoms with Crippen LogP contribution in [0.5, 0.6) is 0 Å². The van der Waals surface area contributed by atoms with E-state index in [2.05, 4.69) is 36.5 Å². The van der Waals surface area contributed by atoms with Gasteiger partial charge in [-0.05, 0) is 44.2 Å². The molecule has 4 heteroatoms. The van der Waals surface area contributed by atoms with Crippen LogP contribution in [0.25, 0.3) is 0 Å². The normalized spacial score (nSPS) is 13.2. The van der Waals surface area contributed by atoms with Crippen molar-refractivity contribution in [1.29, 1.82) is 0 Å². The Hall–Kier alpha value is -0.870. The van der Waals surface area contributed by atoms with Crippen LogP contribution < -0.4 is 5.32 Å². The summed E-state index contributed by atoms with van der Waals surface area (Å²) in [6.07, 6.45) is 4.91. The van der Waals surface area contributed by atoms with Crippen LogP contribution in [0.2, 0.25) is 0 Å². The summed E-state index contributed by atoms with van der Waals surface area (Å²) in [6, 6.07) is 10.9. The highest BCUT2D eigenvalue weighted by Gasteiger charge is 2.11. The molecule has 0 saturated carbocycles. The predicted octanol–water partition coefficient (Wildman–Crippen LogP) is 3.20. The zero-order chi connectivity index (χ0) is 15.6. The molecule has 1 atom stereocenters. The standard InChI is InChI=1S/C17H29NO2S/c1-3-14-18-17(11-8-15-21(19,20)4-2)13-12-16-9-6-5-7-10-16/h5-7,9-10,17-18H,3-4,8,11-15H2,1-2H3. The maximum absolute atomic E-state index is 11.6. The Morgan fingerprint density at radius 2 is 1.81 bits per heavy atom. The summed E-state index contributed by atoms with van der Waals surface area (Å²) in [6.45, 7) is 4.88. The largest absolute Gasteiger partial charge is 0.314 e. The molecule has 0 aliphatic rings. The minimum absolute atomic E-state index is 0.254. The van der Waals surface area contributed by atoms with E-state index < -0.39 is 9.84 Å². The van der Waals surface area contributed by atoms with Crippen LogP contribution in [0.4, 0.5) is 0 Å². The number of hydrogen-bond acceptors (Lipinski definition) is 3. The lowest BCUT2D eigenvalue weighted by atomic mass is 10.0. The molecule has 0 bridgehead atoms. The minimum atomic E-state index is -2.83. The van der Waals surface area contributed by atoms with Gasteiger partial charge in [0.25, 0.3) is 0 Å². The molecule has 3 nitrogen and oxygen atoms in total. The van der Waals surface area contributed by atoms with Gasteiger partial charge in [0, 0.05) is 11.8 Å². The average Bonchev–Trinajstić information content (AvgIpc) is 2.50. The summed E-state index contributed by atoms with van der Waals surface area (Å²) >= 11 is 0. The van der Waals surface area contributed by atoms with Crippen molar-refractivity contribution in [2.45, 2.75) is 52.0 Å². The van der Waals surface area contributed by atoms with Crippen molar-refractivity contribution in [1.82, 2.24) is 5.32 Å². The van der Waals surface area contributed by atoms with E-state index >= 15 is 0 Å². The molecule has 1 aromatic rings. The fraction of sp³-hybridized carbons (Fsp3) is 0.647. The molecule has 0 aliphatic carbocycles. The Bertz CT molecular complexity index is 471. The van der Waals surface area contributed by atoms with Crippen molar-refractivity contribution in [2.24, 2.45) is 0 Å². The molecule has 0 spiro atoms.